The molecule has 2 aromatic carbocycles. The van der Waals surface area contributed by atoms with E-state index in [4.69, 9.17) is 16.0 Å². The van der Waals surface area contributed by atoms with Crippen LogP contribution in [0.25, 0.3) is 10.8 Å². The molecule has 1 aliphatic rings. The molecule has 0 aliphatic heterocycles. The van der Waals surface area contributed by atoms with E-state index in [0.717, 1.165) is 29.9 Å². The molecule has 21 heavy (non-hydrogen) atoms. The lowest BCUT2D eigenvalue weighted by Crippen LogP contribution is -1.96. The highest BCUT2D eigenvalue weighted by molar-refractivity contribution is 6.23. The molecule has 3 aromatic rings. The van der Waals surface area contributed by atoms with Gasteiger partial charge in [0, 0.05) is 5.56 Å². The Hall–Kier alpha value is -1.73. The molecule has 4 rings (SSSR count). The van der Waals surface area contributed by atoms with Crippen molar-refractivity contribution in [2.75, 3.05) is 0 Å². The third-order valence-corrected chi connectivity index (χ3v) is 5.01. The minimum atomic E-state index is -0.160. The van der Waals surface area contributed by atoms with Crippen LogP contribution in [-0.4, -0.2) is 0 Å². The van der Waals surface area contributed by atoms with E-state index in [1.165, 1.54) is 27.5 Å². The van der Waals surface area contributed by atoms with Crippen LogP contribution >= 0.6 is 11.6 Å². The highest BCUT2D eigenvalue weighted by Crippen LogP contribution is 2.40. The molecule has 0 radical (unpaired) electrons. The Bertz CT molecular complexity index is 834. The first-order valence-corrected chi connectivity index (χ1v) is 7.83. The molecule has 1 atom stereocenters. The quantitative estimate of drug-likeness (QED) is 0.571. The summed E-state index contributed by atoms with van der Waals surface area (Å²) in [5.74, 6) is 1.83. The summed E-state index contributed by atoms with van der Waals surface area (Å²) in [6.07, 6.45) is 2.29. The smallest absolute Gasteiger partial charge is 0.106 e. The predicted octanol–water partition coefficient (Wildman–Crippen LogP) is 5.48. The highest BCUT2D eigenvalue weighted by atomic mass is 35.5. The topological polar surface area (TPSA) is 13.1 Å². The van der Waals surface area contributed by atoms with Crippen LogP contribution in [-0.2, 0) is 12.8 Å². The Morgan fingerprint density at radius 2 is 1.76 bits per heavy atom. The maximum absolute atomic E-state index is 6.79. The lowest BCUT2D eigenvalue weighted by molar-refractivity contribution is 0.501. The van der Waals surface area contributed by atoms with E-state index >= 15 is 0 Å². The van der Waals surface area contributed by atoms with E-state index in [-0.39, 0.29) is 5.38 Å². The molecule has 0 saturated heterocycles. The van der Waals surface area contributed by atoms with Gasteiger partial charge in [-0.1, -0.05) is 30.3 Å². The summed E-state index contributed by atoms with van der Waals surface area (Å²) >= 11 is 6.79. The molecule has 0 amide bonds. The fraction of sp³-hybridized carbons (Fsp3) is 0.263. The standard InChI is InChI=1S/C19H17ClO/c1-11-10-17(12(2)21-11)19(20)16-9-8-14-7-6-13-4-3-5-15(16)18(13)14/h3-5,8-10,19H,6-7H2,1-2H3. The van der Waals surface area contributed by atoms with E-state index in [9.17, 15) is 0 Å². The van der Waals surface area contributed by atoms with Crippen molar-refractivity contribution in [3.05, 3.63) is 70.2 Å². The normalized spacial score (nSPS) is 14.8. The fourth-order valence-corrected chi connectivity index (χ4v) is 3.97. The zero-order valence-electron chi connectivity index (χ0n) is 12.2. The first kappa shape index (κ1) is 13.0. The Kier molecular flexibility index (Phi) is 2.87. The van der Waals surface area contributed by atoms with Crippen molar-refractivity contribution in [3.8, 4) is 0 Å². The summed E-state index contributed by atoms with van der Waals surface area (Å²) in [5, 5.41) is 2.55. The number of rotatable bonds is 2. The van der Waals surface area contributed by atoms with Crippen LogP contribution < -0.4 is 0 Å². The molecule has 0 fully saturated rings. The van der Waals surface area contributed by atoms with Gasteiger partial charge in [-0.25, -0.2) is 0 Å². The summed E-state index contributed by atoms with van der Waals surface area (Å²) in [6.45, 7) is 3.95. The number of alkyl halides is 1. The Balaban J connectivity index is 1.94. The molecular weight excluding hydrogens is 280 g/mol. The van der Waals surface area contributed by atoms with E-state index in [1.54, 1.807) is 0 Å². The largest absolute Gasteiger partial charge is 0.466 e. The van der Waals surface area contributed by atoms with Gasteiger partial charge in [-0.3, -0.25) is 0 Å². The average Bonchev–Trinajstić information content (AvgIpc) is 3.04. The highest BCUT2D eigenvalue weighted by Gasteiger charge is 2.22. The van der Waals surface area contributed by atoms with Crippen molar-refractivity contribution >= 4 is 22.4 Å². The van der Waals surface area contributed by atoms with Crippen molar-refractivity contribution in [1.82, 2.24) is 0 Å². The van der Waals surface area contributed by atoms with Crippen LogP contribution in [0.5, 0.6) is 0 Å². The number of halogens is 1. The van der Waals surface area contributed by atoms with Crippen molar-refractivity contribution in [2.24, 2.45) is 0 Å². The van der Waals surface area contributed by atoms with Crippen LogP contribution in [0.4, 0.5) is 0 Å². The van der Waals surface area contributed by atoms with Gasteiger partial charge in [0.15, 0.2) is 0 Å². The zero-order chi connectivity index (χ0) is 14.6. The number of aryl methyl sites for hydroxylation is 4. The van der Waals surface area contributed by atoms with Gasteiger partial charge >= 0.3 is 0 Å². The van der Waals surface area contributed by atoms with Crippen molar-refractivity contribution in [1.29, 1.82) is 0 Å². The maximum atomic E-state index is 6.79. The molecule has 0 N–H and O–H groups in total. The van der Waals surface area contributed by atoms with Gasteiger partial charge < -0.3 is 4.42 Å². The van der Waals surface area contributed by atoms with Crippen LogP contribution in [0.3, 0.4) is 0 Å². The minimum absolute atomic E-state index is 0.160. The van der Waals surface area contributed by atoms with E-state index in [1.807, 2.05) is 13.8 Å². The Morgan fingerprint density at radius 1 is 1.00 bits per heavy atom. The zero-order valence-corrected chi connectivity index (χ0v) is 13.0. The van der Waals surface area contributed by atoms with Crippen LogP contribution in [0, 0.1) is 13.8 Å². The van der Waals surface area contributed by atoms with Crippen LogP contribution in [0.1, 0.15) is 39.2 Å². The van der Waals surface area contributed by atoms with Gasteiger partial charge in [0.1, 0.15) is 11.5 Å². The number of benzene rings is 2. The van der Waals surface area contributed by atoms with Gasteiger partial charge in [-0.05, 0) is 60.2 Å². The Labute approximate surface area is 129 Å². The molecule has 1 heterocycles. The number of furan rings is 1. The molecule has 0 saturated carbocycles. The molecule has 1 unspecified atom stereocenters. The molecule has 106 valence electrons. The molecular formula is C19H17ClO. The van der Waals surface area contributed by atoms with Gasteiger partial charge in [0.25, 0.3) is 0 Å². The molecule has 1 nitrogen and oxygen atoms in total. The van der Waals surface area contributed by atoms with E-state index < -0.39 is 0 Å². The molecule has 0 spiro atoms. The maximum Gasteiger partial charge on any atom is 0.106 e. The monoisotopic (exact) mass is 296 g/mol. The number of hydrogen-bond acceptors (Lipinski definition) is 1. The second kappa shape index (κ2) is 4.64. The van der Waals surface area contributed by atoms with Crippen molar-refractivity contribution in [2.45, 2.75) is 32.1 Å². The van der Waals surface area contributed by atoms with Gasteiger partial charge in [0.05, 0.1) is 5.38 Å². The van der Waals surface area contributed by atoms with E-state index in [0.29, 0.717) is 0 Å². The third kappa shape index (κ3) is 1.91. The number of hydrogen-bond donors (Lipinski definition) is 0. The molecule has 1 aromatic heterocycles. The SMILES string of the molecule is Cc1cc(C(Cl)c2ccc3c4c(cccc24)CC3)c(C)o1. The lowest BCUT2D eigenvalue weighted by Gasteiger charge is -2.14. The van der Waals surface area contributed by atoms with Crippen molar-refractivity contribution < 1.29 is 4.42 Å². The summed E-state index contributed by atoms with van der Waals surface area (Å²) in [4.78, 5) is 0. The second-order valence-corrected chi connectivity index (χ2v) is 6.32. The van der Waals surface area contributed by atoms with Gasteiger partial charge in [-0.2, -0.15) is 0 Å². The van der Waals surface area contributed by atoms with Crippen LogP contribution in [0.2, 0.25) is 0 Å². The lowest BCUT2D eigenvalue weighted by atomic mass is 9.95. The molecule has 0 bridgehead atoms. The summed E-state index contributed by atoms with van der Waals surface area (Å²) in [5.41, 5.74) is 5.16. The van der Waals surface area contributed by atoms with Gasteiger partial charge in [0.2, 0.25) is 0 Å². The Morgan fingerprint density at radius 3 is 2.48 bits per heavy atom. The first-order valence-electron chi connectivity index (χ1n) is 7.39. The third-order valence-electron chi connectivity index (χ3n) is 4.54. The van der Waals surface area contributed by atoms with Gasteiger partial charge in [-0.15, -0.1) is 11.6 Å². The average molecular weight is 297 g/mol. The van der Waals surface area contributed by atoms with Crippen molar-refractivity contribution in [3.63, 3.8) is 0 Å². The first-order chi connectivity index (χ1) is 10.1. The molecule has 2 heteroatoms. The fourth-order valence-electron chi connectivity index (χ4n) is 3.56. The second-order valence-electron chi connectivity index (χ2n) is 5.88. The predicted molar refractivity (Wildman–Crippen MR) is 87.2 cm³/mol. The van der Waals surface area contributed by atoms with E-state index in [2.05, 4.69) is 36.4 Å². The van der Waals surface area contributed by atoms with Crippen LogP contribution in [0.15, 0.2) is 40.8 Å². The summed E-state index contributed by atoms with van der Waals surface area (Å²) in [7, 11) is 0. The molecule has 1 aliphatic carbocycles. The minimum Gasteiger partial charge on any atom is -0.466 e. The summed E-state index contributed by atoms with van der Waals surface area (Å²) in [6, 6.07) is 13.1. The summed E-state index contributed by atoms with van der Waals surface area (Å²) < 4.78 is 5.64.